The maximum absolute atomic E-state index is 10.9. The molecule has 2 N–H and O–H groups in total. The van der Waals surface area contributed by atoms with Crippen LogP contribution in [-0.2, 0) is 13.9 Å². The van der Waals surface area contributed by atoms with E-state index in [9.17, 15) is 9.59 Å². The second-order valence-electron chi connectivity index (χ2n) is 2.27. The van der Waals surface area contributed by atoms with Crippen LogP contribution in [-0.4, -0.2) is 29.8 Å². The lowest BCUT2D eigenvalue weighted by atomic mass is 10.0. The highest BCUT2D eigenvalue weighted by molar-refractivity contribution is 7.98. The van der Waals surface area contributed by atoms with Crippen molar-refractivity contribution in [2.24, 2.45) is 5.73 Å². The summed E-state index contributed by atoms with van der Waals surface area (Å²) in [4.78, 5) is 21.3. The zero-order valence-electron chi connectivity index (χ0n) is 6.58. The first kappa shape index (κ1) is 11.7. The quantitative estimate of drug-likeness (QED) is 0.525. The molecule has 0 radical (unpaired) electrons. The smallest absolute Gasteiger partial charge is 0.345 e. The molecule has 4 nitrogen and oxygen atoms in total. The number of aldehydes is 1. The fourth-order valence-corrected chi connectivity index (χ4v) is 1.24. The molecule has 6 heteroatoms. The van der Waals surface area contributed by atoms with Gasteiger partial charge < -0.3 is 14.8 Å². The Kier molecular flexibility index (Phi) is 5.28. The van der Waals surface area contributed by atoms with Crippen molar-refractivity contribution < 1.29 is 13.9 Å². The molecule has 1 unspecified atom stereocenters. The number of carbonyl (C=O) groups is 2. The molecular formula is C6H10ClNO3S. The van der Waals surface area contributed by atoms with Gasteiger partial charge in [0.2, 0.25) is 0 Å². The average molecular weight is 212 g/mol. The van der Waals surface area contributed by atoms with Gasteiger partial charge in [-0.2, -0.15) is 11.8 Å². The van der Waals surface area contributed by atoms with Gasteiger partial charge in [0.15, 0.2) is 11.8 Å². The van der Waals surface area contributed by atoms with Gasteiger partial charge in [-0.25, -0.2) is 4.79 Å². The number of hydrogen-bond donors (Lipinski definition) is 1. The van der Waals surface area contributed by atoms with E-state index in [4.69, 9.17) is 17.6 Å². The molecule has 0 bridgehead atoms. The molecule has 0 spiro atoms. The predicted molar refractivity (Wildman–Crippen MR) is 47.9 cm³/mol. The summed E-state index contributed by atoms with van der Waals surface area (Å²) in [5, 5.41) is 0. The first-order valence-corrected chi connectivity index (χ1v) is 4.88. The van der Waals surface area contributed by atoms with Gasteiger partial charge in [0.1, 0.15) is 11.9 Å². The number of hydrogen-bond acceptors (Lipinski definition) is 5. The Morgan fingerprint density at radius 3 is 2.75 bits per heavy atom. The van der Waals surface area contributed by atoms with Crippen molar-refractivity contribution in [3.63, 3.8) is 0 Å². The summed E-state index contributed by atoms with van der Waals surface area (Å²) >= 11 is 6.28. The lowest BCUT2D eigenvalue weighted by molar-refractivity contribution is -0.142. The van der Waals surface area contributed by atoms with E-state index in [0.29, 0.717) is 12.0 Å². The van der Waals surface area contributed by atoms with Crippen molar-refractivity contribution in [3.05, 3.63) is 0 Å². The minimum atomic E-state index is -1.59. The minimum absolute atomic E-state index is 0.225. The average Bonchev–Trinajstić information content (AvgIpc) is 2.12. The van der Waals surface area contributed by atoms with E-state index >= 15 is 0 Å². The Morgan fingerprint density at radius 1 is 1.83 bits per heavy atom. The highest BCUT2D eigenvalue weighted by atomic mass is 35.5. The largest absolute Gasteiger partial charge is 0.351 e. The van der Waals surface area contributed by atoms with Crippen LogP contribution in [0.5, 0.6) is 0 Å². The molecular weight excluding hydrogens is 202 g/mol. The molecule has 0 heterocycles. The second-order valence-corrected chi connectivity index (χ2v) is 3.41. The number of halogens is 1. The summed E-state index contributed by atoms with van der Waals surface area (Å²) in [6.07, 6.45) is 2.43. The van der Waals surface area contributed by atoms with E-state index in [1.807, 2.05) is 6.26 Å². The molecule has 0 saturated heterocycles. The summed E-state index contributed by atoms with van der Waals surface area (Å²) < 4.78 is 3.87. The van der Waals surface area contributed by atoms with Crippen LogP contribution in [0.3, 0.4) is 0 Å². The molecule has 0 saturated carbocycles. The Hall–Kier alpha value is -0.260. The molecule has 0 rings (SSSR count). The van der Waals surface area contributed by atoms with Crippen molar-refractivity contribution in [1.29, 1.82) is 0 Å². The number of thioether (sulfide) groups is 1. The van der Waals surface area contributed by atoms with Crippen LogP contribution in [0.25, 0.3) is 0 Å². The van der Waals surface area contributed by atoms with Crippen molar-refractivity contribution in [3.8, 4) is 0 Å². The first-order valence-electron chi connectivity index (χ1n) is 3.18. The van der Waals surface area contributed by atoms with Crippen molar-refractivity contribution in [2.45, 2.75) is 12.0 Å². The molecule has 0 aliphatic heterocycles. The third kappa shape index (κ3) is 3.00. The van der Waals surface area contributed by atoms with Gasteiger partial charge in [-0.05, 0) is 18.4 Å². The summed E-state index contributed by atoms with van der Waals surface area (Å²) in [7, 11) is 0. The van der Waals surface area contributed by atoms with Crippen LogP contribution in [0.4, 0.5) is 0 Å². The van der Waals surface area contributed by atoms with Gasteiger partial charge >= 0.3 is 5.97 Å². The van der Waals surface area contributed by atoms with E-state index in [-0.39, 0.29) is 6.42 Å². The maximum atomic E-state index is 10.9. The van der Waals surface area contributed by atoms with Gasteiger partial charge in [-0.15, -0.1) is 0 Å². The Bertz CT molecular complexity index is 178. The molecule has 12 heavy (non-hydrogen) atoms. The summed E-state index contributed by atoms with van der Waals surface area (Å²) in [6, 6.07) is 0. The molecule has 0 aromatic heterocycles. The first-order chi connectivity index (χ1) is 5.60. The van der Waals surface area contributed by atoms with Crippen LogP contribution in [0.2, 0.25) is 0 Å². The van der Waals surface area contributed by atoms with Gasteiger partial charge in [0.05, 0.1) is 0 Å². The summed E-state index contributed by atoms with van der Waals surface area (Å²) in [6.45, 7) is 0. The molecule has 0 aliphatic rings. The zero-order chi connectivity index (χ0) is 9.61. The van der Waals surface area contributed by atoms with Crippen LogP contribution in [0.1, 0.15) is 6.42 Å². The van der Waals surface area contributed by atoms with E-state index in [1.54, 1.807) is 0 Å². The molecule has 0 aliphatic carbocycles. The summed E-state index contributed by atoms with van der Waals surface area (Å²) in [5.74, 6) is -0.311. The Balaban J connectivity index is 4.23. The normalized spacial score (nSPS) is 14.9. The predicted octanol–water partition coefficient (Wildman–Crippen LogP) is 0.333. The maximum Gasteiger partial charge on any atom is 0.351 e. The zero-order valence-corrected chi connectivity index (χ0v) is 8.15. The fraction of sp³-hybridized carbons (Fsp3) is 0.667. The molecule has 0 aromatic carbocycles. The third-order valence-electron chi connectivity index (χ3n) is 1.38. The van der Waals surface area contributed by atoms with Gasteiger partial charge in [0, 0.05) is 0 Å². The third-order valence-corrected chi connectivity index (χ3v) is 2.13. The molecule has 1 atom stereocenters. The molecule has 0 fully saturated rings. The van der Waals surface area contributed by atoms with Crippen LogP contribution >= 0.6 is 23.6 Å². The second kappa shape index (κ2) is 5.40. The fourth-order valence-electron chi connectivity index (χ4n) is 0.552. The highest BCUT2D eigenvalue weighted by Crippen LogP contribution is 2.10. The Labute approximate surface area is 79.9 Å². The van der Waals surface area contributed by atoms with E-state index < -0.39 is 11.5 Å². The number of nitrogens with two attached hydrogens (primary N) is 1. The van der Waals surface area contributed by atoms with Crippen LogP contribution < -0.4 is 5.73 Å². The topological polar surface area (TPSA) is 69.4 Å². The molecule has 0 amide bonds. The standard InChI is InChI=1S/C6H10ClNO3S/c1-12-3-2-6(8,4-9)5(10)11-7/h4H,2-3,8H2,1H3. The van der Waals surface area contributed by atoms with E-state index in [0.717, 1.165) is 0 Å². The van der Waals surface area contributed by atoms with E-state index in [1.165, 1.54) is 11.8 Å². The van der Waals surface area contributed by atoms with Gasteiger partial charge in [-0.3, -0.25) is 0 Å². The SMILES string of the molecule is CSCCC(N)(C=O)C(=O)OCl. The number of rotatable bonds is 5. The van der Waals surface area contributed by atoms with Crippen molar-refractivity contribution >= 4 is 35.9 Å². The number of carbonyl (C=O) groups excluding carboxylic acids is 2. The van der Waals surface area contributed by atoms with Gasteiger partial charge in [-0.1, -0.05) is 0 Å². The van der Waals surface area contributed by atoms with E-state index in [2.05, 4.69) is 4.29 Å². The summed E-state index contributed by atoms with van der Waals surface area (Å²) in [5.41, 5.74) is 3.80. The van der Waals surface area contributed by atoms with Crippen molar-refractivity contribution in [1.82, 2.24) is 0 Å². The monoisotopic (exact) mass is 211 g/mol. The van der Waals surface area contributed by atoms with Crippen LogP contribution in [0, 0.1) is 0 Å². The molecule has 0 aromatic rings. The Morgan fingerprint density at radius 2 is 2.42 bits per heavy atom. The lowest BCUT2D eigenvalue weighted by Gasteiger charge is -2.17. The van der Waals surface area contributed by atoms with Crippen LogP contribution in [0.15, 0.2) is 0 Å². The van der Waals surface area contributed by atoms with Crippen molar-refractivity contribution in [2.75, 3.05) is 12.0 Å². The van der Waals surface area contributed by atoms with Gasteiger partial charge in [0.25, 0.3) is 0 Å². The molecule has 70 valence electrons. The lowest BCUT2D eigenvalue weighted by Crippen LogP contribution is -2.50. The minimum Gasteiger partial charge on any atom is -0.345 e. The highest BCUT2D eigenvalue weighted by Gasteiger charge is 2.35.